The standard InChI is InChI=1S/C19H23NO/c1-19(15-8-4-2-5-9-15,16-10-6-3-7-11-16)14-18(21)17-12-13-20-17/h2-11,17-18,20-21H,12-14H2,1H3/t17?,18-/m1/s1. The Morgan fingerprint density at radius 1 is 1.05 bits per heavy atom. The lowest BCUT2D eigenvalue weighted by atomic mass is 9.71. The maximum atomic E-state index is 10.6. The van der Waals surface area contributed by atoms with E-state index in [0.717, 1.165) is 19.4 Å². The summed E-state index contributed by atoms with van der Waals surface area (Å²) in [5.41, 5.74) is 2.35. The van der Waals surface area contributed by atoms with Gasteiger partial charge in [-0.2, -0.15) is 0 Å². The highest BCUT2D eigenvalue weighted by atomic mass is 16.3. The zero-order chi connectivity index (χ0) is 14.7. The minimum Gasteiger partial charge on any atom is -0.391 e. The highest BCUT2D eigenvalue weighted by molar-refractivity contribution is 5.38. The lowest BCUT2D eigenvalue weighted by Gasteiger charge is -2.39. The Kier molecular flexibility index (Phi) is 4.09. The van der Waals surface area contributed by atoms with Crippen molar-refractivity contribution in [3.05, 3.63) is 71.8 Å². The first-order valence-corrected chi connectivity index (χ1v) is 7.73. The number of aliphatic hydroxyl groups is 1. The van der Waals surface area contributed by atoms with Crippen LogP contribution in [-0.4, -0.2) is 23.8 Å². The molecule has 2 heteroatoms. The Morgan fingerprint density at radius 2 is 1.52 bits per heavy atom. The van der Waals surface area contributed by atoms with Crippen LogP contribution in [-0.2, 0) is 5.41 Å². The highest BCUT2D eigenvalue weighted by Crippen LogP contribution is 2.37. The molecule has 0 bridgehead atoms. The summed E-state index contributed by atoms with van der Waals surface area (Å²) in [6, 6.07) is 21.3. The van der Waals surface area contributed by atoms with E-state index in [4.69, 9.17) is 0 Å². The van der Waals surface area contributed by atoms with Gasteiger partial charge in [0.05, 0.1) is 6.10 Å². The molecule has 1 aliphatic rings. The molecule has 1 fully saturated rings. The van der Waals surface area contributed by atoms with E-state index in [0.29, 0.717) is 0 Å². The van der Waals surface area contributed by atoms with Crippen LogP contribution in [0.1, 0.15) is 30.9 Å². The molecule has 2 nitrogen and oxygen atoms in total. The molecule has 1 aliphatic heterocycles. The summed E-state index contributed by atoms with van der Waals surface area (Å²) in [5.74, 6) is 0. The van der Waals surface area contributed by atoms with E-state index >= 15 is 0 Å². The highest BCUT2D eigenvalue weighted by Gasteiger charge is 2.35. The molecule has 1 unspecified atom stereocenters. The number of hydrogen-bond donors (Lipinski definition) is 2. The van der Waals surface area contributed by atoms with Gasteiger partial charge in [0.2, 0.25) is 0 Å². The van der Waals surface area contributed by atoms with Gasteiger partial charge in [0.25, 0.3) is 0 Å². The van der Waals surface area contributed by atoms with Gasteiger partial charge in [0.15, 0.2) is 0 Å². The quantitative estimate of drug-likeness (QED) is 0.882. The number of hydrogen-bond acceptors (Lipinski definition) is 2. The predicted octanol–water partition coefficient (Wildman–Crippen LogP) is 3.11. The SMILES string of the molecule is CC(C[C@@H](O)C1CCN1)(c1ccccc1)c1ccccc1. The number of benzene rings is 2. The molecule has 0 aliphatic carbocycles. The van der Waals surface area contributed by atoms with Gasteiger partial charge < -0.3 is 10.4 Å². The van der Waals surface area contributed by atoms with Gasteiger partial charge in [-0.25, -0.2) is 0 Å². The monoisotopic (exact) mass is 281 g/mol. The molecule has 110 valence electrons. The van der Waals surface area contributed by atoms with Crippen molar-refractivity contribution in [3.63, 3.8) is 0 Å². The molecule has 2 aromatic carbocycles. The first-order valence-electron chi connectivity index (χ1n) is 7.73. The Labute approximate surface area is 126 Å². The summed E-state index contributed by atoms with van der Waals surface area (Å²) < 4.78 is 0. The van der Waals surface area contributed by atoms with Gasteiger partial charge in [-0.3, -0.25) is 0 Å². The van der Waals surface area contributed by atoms with E-state index in [-0.39, 0.29) is 17.6 Å². The van der Waals surface area contributed by atoms with Crippen LogP contribution in [0.25, 0.3) is 0 Å². The molecule has 21 heavy (non-hydrogen) atoms. The van der Waals surface area contributed by atoms with Crippen LogP contribution in [0.5, 0.6) is 0 Å². The summed E-state index contributed by atoms with van der Waals surface area (Å²) in [7, 11) is 0. The van der Waals surface area contributed by atoms with Crippen molar-refractivity contribution in [2.24, 2.45) is 0 Å². The largest absolute Gasteiger partial charge is 0.391 e. The van der Waals surface area contributed by atoms with Crippen LogP contribution in [0.15, 0.2) is 60.7 Å². The van der Waals surface area contributed by atoms with Crippen LogP contribution in [0.2, 0.25) is 0 Å². The third kappa shape index (κ3) is 2.87. The lowest BCUT2D eigenvalue weighted by molar-refractivity contribution is 0.0731. The molecule has 1 saturated heterocycles. The molecule has 0 radical (unpaired) electrons. The Balaban J connectivity index is 1.94. The van der Waals surface area contributed by atoms with E-state index in [2.05, 4.69) is 60.8 Å². The predicted molar refractivity (Wildman–Crippen MR) is 86.4 cm³/mol. The number of rotatable bonds is 5. The van der Waals surface area contributed by atoms with Gasteiger partial charge >= 0.3 is 0 Å². The Bertz CT molecular complexity index is 523. The van der Waals surface area contributed by atoms with Crippen molar-refractivity contribution in [1.29, 1.82) is 0 Å². The van der Waals surface area contributed by atoms with E-state index in [1.165, 1.54) is 11.1 Å². The third-order valence-corrected chi connectivity index (χ3v) is 4.77. The minimum atomic E-state index is -0.316. The smallest absolute Gasteiger partial charge is 0.0705 e. The number of aliphatic hydroxyl groups excluding tert-OH is 1. The van der Waals surface area contributed by atoms with E-state index < -0.39 is 0 Å². The molecule has 0 spiro atoms. The molecule has 3 rings (SSSR count). The second-order valence-corrected chi connectivity index (χ2v) is 6.18. The summed E-state index contributed by atoms with van der Waals surface area (Å²) in [5, 5.41) is 13.9. The van der Waals surface area contributed by atoms with Gasteiger partial charge in [-0.1, -0.05) is 67.6 Å². The second kappa shape index (κ2) is 6.00. The molecular weight excluding hydrogens is 258 g/mol. The molecule has 0 aromatic heterocycles. The van der Waals surface area contributed by atoms with Crippen LogP contribution >= 0.6 is 0 Å². The summed E-state index contributed by atoms with van der Waals surface area (Å²) in [6.07, 6.45) is 1.49. The van der Waals surface area contributed by atoms with Crippen LogP contribution in [0, 0.1) is 0 Å². The van der Waals surface area contributed by atoms with Crippen molar-refractivity contribution in [3.8, 4) is 0 Å². The van der Waals surface area contributed by atoms with Crippen LogP contribution < -0.4 is 5.32 Å². The van der Waals surface area contributed by atoms with Crippen molar-refractivity contribution in [1.82, 2.24) is 5.32 Å². The zero-order valence-corrected chi connectivity index (χ0v) is 12.5. The molecule has 0 saturated carbocycles. The first-order chi connectivity index (χ1) is 10.2. The fraction of sp³-hybridized carbons (Fsp3) is 0.368. The lowest BCUT2D eigenvalue weighted by Crippen LogP contribution is -2.52. The van der Waals surface area contributed by atoms with Gasteiger partial charge in [-0.15, -0.1) is 0 Å². The van der Waals surface area contributed by atoms with E-state index in [1.54, 1.807) is 0 Å². The summed E-state index contributed by atoms with van der Waals surface area (Å²) in [4.78, 5) is 0. The van der Waals surface area contributed by atoms with Gasteiger partial charge in [0.1, 0.15) is 0 Å². The van der Waals surface area contributed by atoms with Crippen LogP contribution in [0.3, 0.4) is 0 Å². The average Bonchev–Trinajstić information content (AvgIpc) is 2.47. The molecule has 2 N–H and O–H groups in total. The summed E-state index contributed by atoms with van der Waals surface area (Å²) >= 11 is 0. The zero-order valence-electron chi connectivity index (χ0n) is 12.5. The van der Waals surface area contributed by atoms with E-state index in [1.807, 2.05) is 12.1 Å². The topological polar surface area (TPSA) is 32.3 Å². The molecular formula is C19H23NO. The molecule has 0 amide bonds. The first kappa shape index (κ1) is 14.3. The normalized spacial score (nSPS) is 19.8. The number of nitrogens with one attached hydrogen (secondary N) is 1. The Morgan fingerprint density at radius 3 is 1.90 bits per heavy atom. The molecule has 2 aromatic rings. The van der Waals surface area contributed by atoms with Crippen molar-refractivity contribution < 1.29 is 5.11 Å². The maximum absolute atomic E-state index is 10.6. The summed E-state index contributed by atoms with van der Waals surface area (Å²) in [6.45, 7) is 3.26. The Hall–Kier alpha value is -1.64. The molecule has 1 heterocycles. The van der Waals surface area contributed by atoms with Crippen molar-refractivity contribution in [2.45, 2.75) is 37.3 Å². The fourth-order valence-electron chi connectivity index (χ4n) is 3.21. The van der Waals surface area contributed by atoms with Crippen molar-refractivity contribution >= 4 is 0 Å². The minimum absolute atomic E-state index is 0.167. The maximum Gasteiger partial charge on any atom is 0.0705 e. The van der Waals surface area contributed by atoms with E-state index in [9.17, 15) is 5.11 Å². The second-order valence-electron chi connectivity index (χ2n) is 6.18. The van der Waals surface area contributed by atoms with Crippen LogP contribution in [0.4, 0.5) is 0 Å². The van der Waals surface area contributed by atoms with Crippen molar-refractivity contribution in [2.75, 3.05) is 6.54 Å². The van der Waals surface area contributed by atoms with Gasteiger partial charge in [0, 0.05) is 11.5 Å². The average molecular weight is 281 g/mol. The third-order valence-electron chi connectivity index (χ3n) is 4.77. The van der Waals surface area contributed by atoms with Gasteiger partial charge in [-0.05, 0) is 30.5 Å². The molecule has 2 atom stereocenters. The fourth-order valence-corrected chi connectivity index (χ4v) is 3.21.